The number of aliphatic hydroxyl groups excluding tert-OH is 1. The van der Waals surface area contributed by atoms with Crippen LogP contribution in [0, 0.1) is 0 Å². The molecule has 0 radical (unpaired) electrons. The predicted octanol–water partition coefficient (Wildman–Crippen LogP) is 1.77. The molecule has 0 aliphatic carbocycles. The molecule has 2 aliphatic rings. The van der Waals surface area contributed by atoms with Gasteiger partial charge in [0.05, 0.1) is 19.3 Å². The summed E-state index contributed by atoms with van der Waals surface area (Å²) in [5.41, 5.74) is 0. The maximum absolute atomic E-state index is 12.6. The summed E-state index contributed by atoms with van der Waals surface area (Å²) in [5.74, 6) is 0. The van der Waals surface area contributed by atoms with E-state index in [1.807, 2.05) is 0 Å². The van der Waals surface area contributed by atoms with Crippen molar-refractivity contribution < 1.29 is 18.7 Å². The minimum atomic E-state index is -3.18. The van der Waals surface area contributed by atoms with E-state index >= 15 is 0 Å². The highest BCUT2D eigenvalue weighted by molar-refractivity contribution is 7.51. The Morgan fingerprint density at radius 1 is 1.31 bits per heavy atom. The second kappa shape index (κ2) is 4.75. The van der Waals surface area contributed by atoms with Gasteiger partial charge in [-0.15, -0.1) is 0 Å². The lowest BCUT2D eigenvalue weighted by atomic mass is 9.98. The van der Waals surface area contributed by atoms with Crippen molar-refractivity contribution in [2.75, 3.05) is 13.2 Å². The summed E-state index contributed by atoms with van der Waals surface area (Å²) >= 11 is 0. The van der Waals surface area contributed by atoms with Crippen molar-refractivity contribution in [2.24, 2.45) is 0 Å². The van der Waals surface area contributed by atoms with Gasteiger partial charge in [0.2, 0.25) is 0 Å². The van der Waals surface area contributed by atoms with E-state index in [4.69, 9.17) is 9.05 Å². The second-order valence-electron chi connectivity index (χ2n) is 4.29. The van der Waals surface area contributed by atoms with Crippen molar-refractivity contribution in [3.63, 3.8) is 0 Å². The number of hydrogen-bond acceptors (Lipinski definition) is 4. The molecule has 0 unspecified atom stereocenters. The van der Waals surface area contributed by atoms with Gasteiger partial charge < -0.3 is 5.11 Å². The molecule has 2 saturated heterocycles. The highest BCUT2D eigenvalue weighted by Gasteiger charge is 2.54. The molecule has 0 aromatic rings. The summed E-state index contributed by atoms with van der Waals surface area (Å²) in [6.07, 6.45) is 2.17. The third kappa shape index (κ3) is 1.95. The van der Waals surface area contributed by atoms with Crippen LogP contribution in [0.2, 0.25) is 0 Å². The number of nitrogens with zero attached hydrogens (tertiary/aromatic N) is 1. The molecule has 3 atom stereocenters. The molecule has 0 amide bonds. The van der Waals surface area contributed by atoms with Gasteiger partial charge in [0.25, 0.3) is 0 Å². The van der Waals surface area contributed by atoms with E-state index in [0.29, 0.717) is 19.6 Å². The Morgan fingerprint density at radius 3 is 2.31 bits per heavy atom. The Labute approximate surface area is 96.3 Å². The van der Waals surface area contributed by atoms with Crippen LogP contribution in [0.1, 0.15) is 33.1 Å². The lowest BCUT2D eigenvalue weighted by molar-refractivity contribution is 0.119. The normalized spacial score (nSPS) is 34.8. The van der Waals surface area contributed by atoms with Crippen LogP contribution < -0.4 is 0 Å². The highest BCUT2D eigenvalue weighted by Crippen LogP contribution is 2.60. The zero-order valence-corrected chi connectivity index (χ0v) is 10.7. The molecular formula is C10H20NO4P. The summed E-state index contributed by atoms with van der Waals surface area (Å²) < 4.78 is 25.1. The molecule has 2 heterocycles. The van der Waals surface area contributed by atoms with Crippen LogP contribution in [0.3, 0.4) is 0 Å². The molecule has 1 N–H and O–H groups in total. The summed E-state index contributed by atoms with van der Waals surface area (Å²) in [6.45, 7) is 4.34. The first-order chi connectivity index (χ1) is 7.62. The molecule has 6 heteroatoms. The maximum Gasteiger partial charge on any atom is 0.408 e. The average molecular weight is 249 g/mol. The van der Waals surface area contributed by atoms with Crippen LogP contribution in [0.15, 0.2) is 0 Å². The molecule has 2 rings (SSSR count). The van der Waals surface area contributed by atoms with Crippen molar-refractivity contribution in [2.45, 2.75) is 51.3 Å². The van der Waals surface area contributed by atoms with Gasteiger partial charge >= 0.3 is 7.75 Å². The standard InChI is InChI=1S/C10H20NO4P/c1-3-14-16(13,15-4-2)11-8-5-6-9(11)10(12)7-8/h8-10,12H,3-7H2,1-2H3/t8-,9+,10+/m1/s1. The predicted molar refractivity (Wildman–Crippen MR) is 60.1 cm³/mol. The Morgan fingerprint density at radius 2 is 1.94 bits per heavy atom. The average Bonchev–Trinajstić information content (AvgIpc) is 2.75. The fourth-order valence-electron chi connectivity index (χ4n) is 2.81. The largest absolute Gasteiger partial charge is 0.408 e. The smallest absolute Gasteiger partial charge is 0.391 e. The van der Waals surface area contributed by atoms with E-state index in [9.17, 15) is 9.67 Å². The number of aliphatic hydroxyl groups is 1. The minimum absolute atomic E-state index is 0.0473. The van der Waals surface area contributed by atoms with Crippen molar-refractivity contribution in [3.8, 4) is 0 Å². The molecule has 2 fully saturated rings. The van der Waals surface area contributed by atoms with Crippen LogP contribution in [-0.2, 0) is 13.6 Å². The molecular weight excluding hydrogens is 229 g/mol. The van der Waals surface area contributed by atoms with Gasteiger partial charge in [-0.05, 0) is 33.1 Å². The van der Waals surface area contributed by atoms with Crippen LogP contribution in [-0.4, -0.2) is 41.2 Å². The van der Waals surface area contributed by atoms with Crippen LogP contribution in [0.5, 0.6) is 0 Å². The summed E-state index contributed by atoms with van der Waals surface area (Å²) in [6, 6.07) is 0.109. The fourth-order valence-corrected chi connectivity index (χ4v) is 5.04. The molecule has 0 spiro atoms. The second-order valence-corrected chi connectivity index (χ2v) is 6.20. The topological polar surface area (TPSA) is 59.0 Å². The Kier molecular flexibility index (Phi) is 3.72. The zero-order valence-electron chi connectivity index (χ0n) is 9.83. The molecule has 94 valence electrons. The molecule has 2 aliphatic heterocycles. The first-order valence-corrected chi connectivity index (χ1v) is 7.48. The molecule has 0 saturated carbocycles. The van der Waals surface area contributed by atoms with Gasteiger partial charge in [-0.2, -0.15) is 4.67 Å². The lowest BCUT2D eigenvalue weighted by Crippen LogP contribution is -2.31. The highest BCUT2D eigenvalue weighted by atomic mass is 31.2. The number of fused-ring (bicyclic) bond motifs is 2. The summed E-state index contributed by atoms with van der Waals surface area (Å²) in [4.78, 5) is 0. The van der Waals surface area contributed by atoms with Crippen LogP contribution in [0.25, 0.3) is 0 Å². The summed E-state index contributed by atoms with van der Waals surface area (Å²) in [7, 11) is -3.18. The number of hydrogen-bond donors (Lipinski definition) is 1. The lowest BCUT2D eigenvalue weighted by Gasteiger charge is -2.29. The third-order valence-corrected chi connectivity index (χ3v) is 5.69. The Hall–Kier alpha value is 0.0700. The van der Waals surface area contributed by atoms with Crippen molar-refractivity contribution in [1.82, 2.24) is 4.67 Å². The van der Waals surface area contributed by atoms with E-state index in [1.54, 1.807) is 18.5 Å². The van der Waals surface area contributed by atoms with E-state index in [-0.39, 0.29) is 18.2 Å². The van der Waals surface area contributed by atoms with Crippen LogP contribution in [0.4, 0.5) is 0 Å². The Bertz CT molecular complexity index is 289. The van der Waals surface area contributed by atoms with E-state index in [2.05, 4.69) is 0 Å². The first-order valence-electron chi connectivity index (χ1n) is 5.98. The van der Waals surface area contributed by atoms with Gasteiger partial charge in [0.15, 0.2) is 0 Å². The van der Waals surface area contributed by atoms with E-state index < -0.39 is 7.75 Å². The monoisotopic (exact) mass is 249 g/mol. The van der Waals surface area contributed by atoms with E-state index in [1.165, 1.54) is 0 Å². The molecule has 2 bridgehead atoms. The molecule has 0 aromatic heterocycles. The van der Waals surface area contributed by atoms with E-state index in [0.717, 1.165) is 12.8 Å². The van der Waals surface area contributed by atoms with Gasteiger partial charge in [-0.3, -0.25) is 9.05 Å². The SMILES string of the molecule is CCOP(=O)(OCC)N1[C@@H]2CC[C@H]1[C@@H](O)C2. The van der Waals surface area contributed by atoms with Crippen LogP contribution >= 0.6 is 7.75 Å². The van der Waals surface area contributed by atoms with Gasteiger partial charge in [0, 0.05) is 12.1 Å². The first kappa shape index (κ1) is 12.5. The number of rotatable bonds is 5. The molecule has 0 aromatic carbocycles. The quantitative estimate of drug-likeness (QED) is 0.752. The van der Waals surface area contributed by atoms with Crippen molar-refractivity contribution in [3.05, 3.63) is 0 Å². The van der Waals surface area contributed by atoms with Gasteiger partial charge in [0.1, 0.15) is 0 Å². The molecule has 5 nitrogen and oxygen atoms in total. The Balaban J connectivity index is 2.18. The zero-order chi connectivity index (χ0) is 11.8. The summed E-state index contributed by atoms with van der Waals surface area (Å²) in [5, 5.41) is 9.82. The van der Waals surface area contributed by atoms with Crippen molar-refractivity contribution >= 4 is 7.75 Å². The van der Waals surface area contributed by atoms with Gasteiger partial charge in [-0.25, -0.2) is 4.57 Å². The molecule has 16 heavy (non-hydrogen) atoms. The maximum atomic E-state index is 12.6. The third-order valence-electron chi connectivity index (χ3n) is 3.33. The van der Waals surface area contributed by atoms with Gasteiger partial charge in [-0.1, -0.05) is 0 Å². The van der Waals surface area contributed by atoms with Crippen molar-refractivity contribution in [1.29, 1.82) is 0 Å². The fraction of sp³-hybridized carbons (Fsp3) is 1.00. The minimum Gasteiger partial charge on any atom is -0.391 e.